The van der Waals surface area contributed by atoms with Crippen LogP contribution in [0.1, 0.15) is 5.56 Å². The first-order valence-corrected chi connectivity index (χ1v) is 8.40. The first kappa shape index (κ1) is 18.3. The molecule has 1 aromatic heterocycles. The molecule has 0 bridgehead atoms. The summed E-state index contributed by atoms with van der Waals surface area (Å²) in [6.07, 6.45) is 1.70. The third kappa shape index (κ3) is 4.78. The molecule has 0 saturated heterocycles. The van der Waals surface area contributed by atoms with Crippen molar-refractivity contribution in [2.24, 2.45) is 0 Å². The van der Waals surface area contributed by atoms with Crippen LogP contribution in [-0.2, 0) is 6.54 Å². The third-order valence-electron chi connectivity index (χ3n) is 3.90. The maximum atomic E-state index is 5.33. The molecule has 3 rings (SSSR count). The van der Waals surface area contributed by atoms with E-state index in [9.17, 15) is 0 Å². The van der Waals surface area contributed by atoms with Crippen molar-refractivity contribution in [3.63, 3.8) is 0 Å². The van der Waals surface area contributed by atoms with Gasteiger partial charge in [-0.05, 0) is 35.9 Å². The Bertz CT molecular complexity index is 902. The number of aromatic nitrogens is 2. The molecule has 0 aliphatic heterocycles. The Balaban J connectivity index is 1.67. The van der Waals surface area contributed by atoms with Crippen molar-refractivity contribution in [2.45, 2.75) is 6.54 Å². The van der Waals surface area contributed by atoms with Gasteiger partial charge in [0.15, 0.2) is 11.5 Å². The highest BCUT2D eigenvalue weighted by atomic mass is 16.5. The summed E-state index contributed by atoms with van der Waals surface area (Å²) in [5.41, 5.74) is 1.90. The summed E-state index contributed by atoms with van der Waals surface area (Å²) in [4.78, 5) is 8.74. The van der Waals surface area contributed by atoms with Crippen LogP contribution in [0.25, 0.3) is 0 Å². The van der Waals surface area contributed by atoms with Crippen molar-refractivity contribution in [3.05, 3.63) is 60.3 Å². The first-order chi connectivity index (χ1) is 13.2. The lowest BCUT2D eigenvalue weighted by molar-refractivity contribution is 0.354. The van der Waals surface area contributed by atoms with Crippen molar-refractivity contribution in [3.8, 4) is 17.2 Å². The van der Waals surface area contributed by atoms with Gasteiger partial charge in [-0.3, -0.25) is 0 Å². The zero-order valence-electron chi connectivity index (χ0n) is 15.5. The molecule has 3 aromatic rings. The standard InChI is InChI=1S/C20H22N4O3/c1-25-16-6-4-5-15(12-16)23-20-21-10-9-19(24-20)22-13-14-7-8-17(26-2)18(11-14)27-3/h4-12H,13H2,1-3H3,(H2,21,22,23,24). The summed E-state index contributed by atoms with van der Waals surface area (Å²) in [6.45, 7) is 0.593. The van der Waals surface area contributed by atoms with Crippen molar-refractivity contribution in [2.75, 3.05) is 32.0 Å². The SMILES string of the molecule is COc1cccc(Nc2nccc(NCc3ccc(OC)c(OC)c3)n2)c1. The number of hydrogen-bond donors (Lipinski definition) is 2. The molecule has 27 heavy (non-hydrogen) atoms. The van der Waals surface area contributed by atoms with Crippen LogP contribution < -0.4 is 24.8 Å². The maximum Gasteiger partial charge on any atom is 0.229 e. The molecule has 0 spiro atoms. The van der Waals surface area contributed by atoms with Crippen molar-refractivity contribution < 1.29 is 14.2 Å². The zero-order chi connectivity index (χ0) is 19.1. The van der Waals surface area contributed by atoms with Gasteiger partial charge in [0, 0.05) is 24.5 Å². The van der Waals surface area contributed by atoms with E-state index in [1.54, 1.807) is 27.5 Å². The van der Waals surface area contributed by atoms with Gasteiger partial charge < -0.3 is 24.8 Å². The molecule has 0 amide bonds. The van der Waals surface area contributed by atoms with Gasteiger partial charge in [0.25, 0.3) is 0 Å². The Morgan fingerprint density at radius 2 is 1.74 bits per heavy atom. The fourth-order valence-corrected chi connectivity index (χ4v) is 2.53. The Morgan fingerprint density at radius 3 is 2.52 bits per heavy atom. The smallest absolute Gasteiger partial charge is 0.229 e. The predicted octanol–water partition coefficient (Wildman–Crippen LogP) is 3.86. The minimum Gasteiger partial charge on any atom is -0.497 e. The molecule has 2 N–H and O–H groups in total. The average Bonchev–Trinajstić information content (AvgIpc) is 2.72. The fourth-order valence-electron chi connectivity index (χ4n) is 2.53. The number of nitrogens with one attached hydrogen (secondary N) is 2. The molecule has 2 aromatic carbocycles. The van der Waals surface area contributed by atoms with Gasteiger partial charge in [-0.2, -0.15) is 4.98 Å². The van der Waals surface area contributed by atoms with Crippen molar-refractivity contribution >= 4 is 17.5 Å². The van der Waals surface area contributed by atoms with Gasteiger partial charge in [-0.25, -0.2) is 4.98 Å². The lowest BCUT2D eigenvalue weighted by Gasteiger charge is -2.11. The molecule has 0 unspecified atom stereocenters. The minimum absolute atomic E-state index is 0.501. The normalized spacial score (nSPS) is 10.2. The second kappa shape index (κ2) is 8.75. The molecule has 140 valence electrons. The number of anilines is 3. The van der Waals surface area contributed by atoms with Crippen LogP contribution in [0.15, 0.2) is 54.7 Å². The highest BCUT2D eigenvalue weighted by molar-refractivity contribution is 5.57. The summed E-state index contributed by atoms with van der Waals surface area (Å²) in [5, 5.41) is 6.46. The Labute approximate surface area is 158 Å². The van der Waals surface area contributed by atoms with Crippen LogP contribution in [0, 0.1) is 0 Å². The van der Waals surface area contributed by atoms with Gasteiger partial charge in [-0.1, -0.05) is 12.1 Å². The number of methoxy groups -OCH3 is 3. The molecule has 7 nitrogen and oxygen atoms in total. The third-order valence-corrected chi connectivity index (χ3v) is 3.90. The number of rotatable bonds is 8. The average molecular weight is 366 g/mol. The second-order valence-corrected chi connectivity index (χ2v) is 5.67. The lowest BCUT2D eigenvalue weighted by Crippen LogP contribution is -2.04. The van der Waals surface area contributed by atoms with E-state index in [0.717, 1.165) is 17.0 Å². The van der Waals surface area contributed by atoms with E-state index in [1.165, 1.54) is 0 Å². The van der Waals surface area contributed by atoms with E-state index >= 15 is 0 Å². The molecule has 0 aliphatic carbocycles. The zero-order valence-corrected chi connectivity index (χ0v) is 15.5. The fraction of sp³-hybridized carbons (Fsp3) is 0.200. The summed E-state index contributed by atoms with van der Waals surface area (Å²) in [6, 6.07) is 15.2. The molecule has 1 heterocycles. The van der Waals surface area contributed by atoms with Crippen LogP contribution in [-0.4, -0.2) is 31.3 Å². The predicted molar refractivity (Wildman–Crippen MR) is 105 cm³/mol. The quantitative estimate of drug-likeness (QED) is 0.627. The highest BCUT2D eigenvalue weighted by Gasteiger charge is 2.06. The van der Waals surface area contributed by atoms with Crippen molar-refractivity contribution in [1.82, 2.24) is 9.97 Å². The Hall–Kier alpha value is -3.48. The largest absolute Gasteiger partial charge is 0.497 e. The molecule has 7 heteroatoms. The first-order valence-electron chi connectivity index (χ1n) is 8.40. The van der Waals surface area contributed by atoms with Crippen LogP contribution in [0.4, 0.5) is 17.5 Å². The summed E-state index contributed by atoms with van der Waals surface area (Å²) >= 11 is 0. The van der Waals surface area contributed by atoms with E-state index in [4.69, 9.17) is 14.2 Å². The topological polar surface area (TPSA) is 77.5 Å². The molecule has 0 fully saturated rings. The van der Waals surface area contributed by atoms with E-state index < -0.39 is 0 Å². The van der Waals surface area contributed by atoms with Gasteiger partial charge >= 0.3 is 0 Å². The number of hydrogen-bond acceptors (Lipinski definition) is 7. The molecule has 0 saturated carbocycles. The molecule has 0 radical (unpaired) electrons. The second-order valence-electron chi connectivity index (χ2n) is 5.67. The number of benzene rings is 2. The summed E-state index contributed by atoms with van der Waals surface area (Å²) in [7, 11) is 4.87. The van der Waals surface area contributed by atoms with Crippen LogP contribution in [0.2, 0.25) is 0 Å². The van der Waals surface area contributed by atoms with Gasteiger partial charge in [0.05, 0.1) is 21.3 Å². The molecule has 0 atom stereocenters. The number of nitrogens with zero attached hydrogens (tertiary/aromatic N) is 2. The molecule has 0 aliphatic rings. The summed E-state index contributed by atoms with van der Waals surface area (Å²) in [5.74, 6) is 3.38. The summed E-state index contributed by atoms with van der Waals surface area (Å²) < 4.78 is 15.8. The van der Waals surface area contributed by atoms with Crippen LogP contribution in [0.3, 0.4) is 0 Å². The highest BCUT2D eigenvalue weighted by Crippen LogP contribution is 2.27. The van der Waals surface area contributed by atoms with Crippen LogP contribution in [0.5, 0.6) is 17.2 Å². The maximum absolute atomic E-state index is 5.33. The van der Waals surface area contributed by atoms with Gasteiger partial charge in [0.2, 0.25) is 5.95 Å². The molecular formula is C20H22N4O3. The minimum atomic E-state index is 0.501. The number of ether oxygens (including phenoxy) is 3. The molecular weight excluding hydrogens is 344 g/mol. The monoisotopic (exact) mass is 366 g/mol. The van der Waals surface area contributed by atoms with E-state index in [2.05, 4.69) is 20.6 Å². The Kier molecular flexibility index (Phi) is 5.94. The Morgan fingerprint density at radius 1 is 0.889 bits per heavy atom. The van der Waals surface area contributed by atoms with Crippen LogP contribution >= 0.6 is 0 Å². The van der Waals surface area contributed by atoms with E-state index in [-0.39, 0.29) is 0 Å². The van der Waals surface area contributed by atoms with E-state index in [1.807, 2.05) is 48.5 Å². The van der Waals surface area contributed by atoms with Gasteiger partial charge in [0.1, 0.15) is 11.6 Å². The van der Waals surface area contributed by atoms with Gasteiger partial charge in [-0.15, -0.1) is 0 Å². The lowest BCUT2D eigenvalue weighted by atomic mass is 10.2. The van der Waals surface area contributed by atoms with Crippen molar-refractivity contribution in [1.29, 1.82) is 0 Å². The van der Waals surface area contributed by atoms with E-state index in [0.29, 0.717) is 29.8 Å².